The molecule has 0 amide bonds. The van der Waals surface area contributed by atoms with Gasteiger partial charge in [-0.1, -0.05) is 0 Å². The molecule has 1 N–H and O–H groups in total. The SMILES string of the molecule is COCc1cc(=O)n(C)c(N2CCC(C(=O)O)C2)n1. The van der Waals surface area contributed by atoms with E-state index in [1.807, 2.05) is 4.90 Å². The van der Waals surface area contributed by atoms with Crippen LogP contribution in [-0.4, -0.2) is 40.8 Å². The number of anilines is 1. The Bertz CT molecular complexity index is 540. The van der Waals surface area contributed by atoms with Crippen molar-refractivity contribution in [2.45, 2.75) is 13.0 Å². The molecule has 1 atom stereocenters. The second kappa shape index (κ2) is 5.40. The summed E-state index contributed by atoms with van der Waals surface area (Å²) >= 11 is 0. The molecule has 1 aliphatic heterocycles. The van der Waals surface area contributed by atoms with Gasteiger partial charge < -0.3 is 14.7 Å². The summed E-state index contributed by atoms with van der Waals surface area (Å²) in [5.74, 6) is -0.702. The Kier molecular flexibility index (Phi) is 3.84. The van der Waals surface area contributed by atoms with E-state index in [0.717, 1.165) is 0 Å². The zero-order valence-electron chi connectivity index (χ0n) is 11.0. The van der Waals surface area contributed by atoms with E-state index in [1.165, 1.54) is 17.7 Å². The average molecular weight is 267 g/mol. The number of carboxylic acid groups (broad SMARTS) is 1. The molecule has 1 fully saturated rings. The molecular formula is C12H17N3O4. The highest BCUT2D eigenvalue weighted by Crippen LogP contribution is 2.21. The van der Waals surface area contributed by atoms with Gasteiger partial charge in [-0.15, -0.1) is 0 Å². The summed E-state index contributed by atoms with van der Waals surface area (Å²) in [5, 5.41) is 9.01. The van der Waals surface area contributed by atoms with Gasteiger partial charge in [0.1, 0.15) is 0 Å². The topological polar surface area (TPSA) is 84.7 Å². The Morgan fingerprint density at radius 3 is 2.95 bits per heavy atom. The summed E-state index contributed by atoms with van der Waals surface area (Å²) in [4.78, 5) is 29.0. The van der Waals surface area contributed by atoms with Gasteiger partial charge in [0.2, 0.25) is 5.95 Å². The normalized spacial score (nSPS) is 18.8. The van der Waals surface area contributed by atoms with Crippen molar-refractivity contribution in [3.05, 3.63) is 22.1 Å². The standard InChI is InChI=1S/C12H17N3O4/c1-14-10(16)5-9(7-19-2)13-12(14)15-4-3-8(6-15)11(17)18/h5,8H,3-4,6-7H2,1-2H3,(H,17,18). The van der Waals surface area contributed by atoms with E-state index in [0.29, 0.717) is 31.2 Å². The van der Waals surface area contributed by atoms with Gasteiger partial charge in [0, 0.05) is 33.3 Å². The van der Waals surface area contributed by atoms with Crippen LogP contribution in [0, 0.1) is 5.92 Å². The molecule has 1 saturated heterocycles. The number of nitrogens with zero attached hydrogens (tertiary/aromatic N) is 3. The van der Waals surface area contributed by atoms with E-state index in [9.17, 15) is 9.59 Å². The van der Waals surface area contributed by atoms with Crippen LogP contribution in [0.2, 0.25) is 0 Å². The van der Waals surface area contributed by atoms with Crippen molar-refractivity contribution in [2.24, 2.45) is 13.0 Å². The van der Waals surface area contributed by atoms with Crippen molar-refractivity contribution < 1.29 is 14.6 Å². The summed E-state index contributed by atoms with van der Waals surface area (Å²) in [6.45, 7) is 1.24. The van der Waals surface area contributed by atoms with E-state index in [4.69, 9.17) is 9.84 Å². The molecule has 0 bridgehead atoms. The quantitative estimate of drug-likeness (QED) is 0.816. The Balaban J connectivity index is 2.29. The second-order valence-corrected chi connectivity index (χ2v) is 4.65. The molecule has 2 heterocycles. The predicted molar refractivity (Wildman–Crippen MR) is 68.1 cm³/mol. The van der Waals surface area contributed by atoms with Crippen LogP contribution in [0.4, 0.5) is 5.95 Å². The van der Waals surface area contributed by atoms with Crippen LogP contribution in [0.5, 0.6) is 0 Å². The van der Waals surface area contributed by atoms with Crippen molar-refractivity contribution in [3.8, 4) is 0 Å². The van der Waals surface area contributed by atoms with Crippen LogP contribution in [0.15, 0.2) is 10.9 Å². The number of hydrogen-bond donors (Lipinski definition) is 1. The number of carbonyl (C=O) groups is 1. The molecule has 0 spiro atoms. The van der Waals surface area contributed by atoms with E-state index < -0.39 is 11.9 Å². The number of methoxy groups -OCH3 is 1. The number of aliphatic carboxylic acids is 1. The molecule has 7 heteroatoms. The van der Waals surface area contributed by atoms with Crippen LogP contribution >= 0.6 is 0 Å². The summed E-state index contributed by atoms with van der Waals surface area (Å²) in [6, 6.07) is 1.43. The maximum absolute atomic E-state index is 11.8. The Morgan fingerprint density at radius 2 is 2.37 bits per heavy atom. The Hall–Kier alpha value is -1.89. The van der Waals surface area contributed by atoms with Gasteiger partial charge in [-0.25, -0.2) is 4.98 Å². The smallest absolute Gasteiger partial charge is 0.308 e. The lowest BCUT2D eigenvalue weighted by atomic mass is 10.1. The monoisotopic (exact) mass is 267 g/mol. The average Bonchev–Trinajstić information content (AvgIpc) is 2.83. The third-order valence-electron chi connectivity index (χ3n) is 3.28. The van der Waals surface area contributed by atoms with Crippen molar-refractivity contribution >= 4 is 11.9 Å². The maximum atomic E-state index is 11.8. The van der Waals surface area contributed by atoms with Crippen molar-refractivity contribution in [2.75, 3.05) is 25.1 Å². The molecule has 1 unspecified atom stereocenters. The number of carboxylic acids is 1. The fraction of sp³-hybridized carbons (Fsp3) is 0.583. The fourth-order valence-corrected chi connectivity index (χ4v) is 2.22. The Morgan fingerprint density at radius 1 is 1.63 bits per heavy atom. The molecule has 0 aromatic carbocycles. The second-order valence-electron chi connectivity index (χ2n) is 4.65. The van der Waals surface area contributed by atoms with E-state index in [-0.39, 0.29) is 12.2 Å². The highest BCUT2D eigenvalue weighted by atomic mass is 16.5. The van der Waals surface area contributed by atoms with Crippen molar-refractivity contribution in [3.63, 3.8) is 0 Å². The Labute approximate surface area is 110 Å². The van der Waals surface area contributed by atoms with Gasteiger partial charge >= 0.3 is 5.97 Å². The van der Waals surface area contributed by atoms with Crippen molar-refractivity contribution in [1.29, 1.82) is 0 Å². The van der Waals surface area contributed by atoms with Crippen LogP contribution in [-0.2, 0) is 23.2 Å². The molecule has 19 heavy (non-hydrogen) atoms. The molecule has 104 valence electrons. The molecule has 1 aliphatic rings. The van der Waals surface area contributed by atoms with Crippen LogP contribution in [0.25, 0.3) is 0 Å². The van der Waals surface area contributed by atoms with Gasteiger partial charge in [-0.05, 0) is 6.42 Å². The lowest BCUT2D eigenvalue weighted by molar-refractivity contribution is -0.140. The number of rotatable bonds is 4. The number of ether oxygens (including phenoxy) is 1. The molecular weight excluding hydrogens is 250 g/mol. The first kappa shape index (κ1) is 13.5. The van der Waals surface area contributed by atoms with Gasteiger partial charge in [0.25, 0.3) is 5.56 Å². The first-order valence-electron chi connectivity index (χ1n) is 6.06. The van der Waals surface area contributed by atoms with E-state index in [1.54, 1.807) is 7.05 Å². The van der Waals surface area contributed by atoms with Crippen molar-refractivity contribution in [1.82, 2.24) is 9.55 Å². The molecule has 2 rings (SSSR count). The minimum Gasteiger partial charge on any atom is -0.481 e. The van der Waals surface area contributed by atoms with Crippen LogP contribution in [0.1, 0.15) is 12.1 Å². The third-order valence-corrected chi connectivity index (χ3v) is 3.28. The minimum atomic E-state index is -0.805. The zero-order valence-corrected chi connectivity index (χ0v) is 11.0. The number of hydrogen-bond acceptors (Lipinski definition) is 5. The minimum absolute atomic E-state index is 0.171. The largest absolute Gasteiger partial charge is 0.481 e. The summed E-state index contributed by atoms with van der Waals surface area (Å²) in [6.07, 6.45) is 0.569. The predicted octanol–water partition coefficient (Wildman–Crippen LogP) is -0.162. The fourth-order valence-electron chi connectivity index (χ4n) is 2.22. The lowest BCUT2D eigenvalue weighted by Gasteiger charge is -2.20. The van der Waals surface area contributed by atoms with Gasteiger partial charge in [-0.2, -0.15) is 0 Å². The van der Waals surface area contributed by atoms with Gasteiger partial charge in [0.05, 0.1) is 18.2 Å². The summed E-state index contributed by atoms with van der Waals surface area (Å²) in [7, 11) is 3.17. The lowest BCUT2D eigenvalue weighted by Crippen LogP contribution is -2.31. The third kappa shape index (κ3) is 2.76. The maximum Gasteiger partial charge on any atom is 0.308 e. The van der Waals surface area contributed by atoms with Crippen LogP contribution < -0.4 is 10.5 Å². The zero-order chi connectivity index (χ0) is 14.0. The summed E-state index contributed by atoms with van der Waals surface area (Å²) < 4.78 is 6.41. The molecule has 0 radical (unpaired) electrons. The van der Waals surface area contributed by atoms with Gasteiger partial charge in [0.15, 0.2) is 0 Å². The van der Waals surface area contributed by atoms with E-state index >= 15 is 0 Å². The summed E-state index contributed by atoms with van der Waals surface area (Å²) in [5.41, 5.74) is 0.384. The highest BCUT2D eigenvalue weighted by molar-refractivity contribution is 5.71. The highest BCUT2D eigenvalue weighted by Gasteiger charge is 2.30. The number of aromatic nitrogens is 2. The van der Waals surface area contributed by atoms with E-state index in [2.05, 4.69) is 4.98 Å². The molecule has 0 aliphatic carbocycles. The van der Waals surface area contributed by atoms with Crippen LogP contribution in [0.3, 0.4) is 0 Å². The first-order valence-corrected chi connectivity index (χ1v) is 6.06. The molecule has 7 nitrogen and oxygen atoms in total. The molecule has 1 aromatic rings. The first-order chi connectivity index (χ1) is 9.02. The molecule has 0 saturated carbocycles. The molecule has 1 aromatic heterocycles. The van der Waals surface area contributed by atoms with Gasteiger partial charge in [-0.3, -0.25) is 14.2 Å².